The zero-order chi connectivity index (χ0) is 17.2. The molecular formula is C19H20N2O3S. The molecule has 0 saturated carbocycles. The van der Waals surface area contributed by atoms with E-state index in [9.17, 15) is 9.59 Å². The lowest BCUT2D eigenvalue weighted by Crippen LogP contribution is -2.47. The molecular weight excluding hydrogens is 336 g/mol. The largest absolute Gasteiger partial charge is 0.493 e. The van der Waals surface area contributed by atoms with E-state index in [1.54, 1.807) is 4.90 Å². The first kappa shape index (κ1) is 16.1. The number of nitrogens with zero attached hydrogens (tertiary/aromatic N) is 1. The van der Waals surface area contributed by atoms with Crippen LogP contribution in [-0.4, -0.2) is 35.9 Å². The van der Waals surface area contributed by atoms with Crippen LogP contribution >= 0.6 is 11.3 Å². The van der Waals surface area contributed by atoms with Gasteiger partial charge in [0, 0.05) is 18.5 Å². The van der Waals surface area contributed by atoms with Gasteiger partial charge in [0.15, 0.2) is 0 Å². The highest BCUT2D eigenvalue weighted by molar-refractivity contribution is 7.12. The van der Waals surface area contributed by atoms with Crippen molar-refractivity contribution in [2.75, 3.05) is 13.2 Å². The number of benzene rings is 1. The molecule has 25 heavy (non-hydrogen) atoms. The Balaban J connectivity index is 1.49. The monoisotopic (exact) mass is 356 g/mol. The quantitative estimate of drug-likeness (QED) is 0.920. The highest BCUT2D eigenvalue weighted by atomic mass is 32.1. The second-order valence-electron chi connectivity index (χ2n) is 6.37. The van der Waals surface area contributed by atoms with Crippen LogP contribution in [-0.2, 0) is 4.79 Å². The average Bonchev–Trinajstić information content (AvgIpc) is 3.33. The summed E-state index contributed by atoms with van der Waals surface area (Å²) in [5.41, 5.74) is 1.01. The minimum atomic E-state index is -0.385. The van der Waals surface area contributed by atoms with Gasteiger partial charge in [0.05, 0.1) is 17.5 Å². The molecule has 2 aliphatic rings. The summed E-state index contributed by atoms with van der Waals surface area (Å²) in [6.07, 6.45) is 2.32. The van der Waals surface area contributed by atoms with Crippen LogP contribution in [0.25, 0.3) is 0 Å². The minimum Gasteiger partial charge on any atom is -0.493 e. The van der Waals surface area contributed by atoms with E-state index in [4.69, 9.17) is 4.74 Å². The maximum Gasteiger partial charge on any atom is 0.264 e. The van der Waals surface area contributed by atoms with Crippen LogP contribution in [0, 0.1) is 0 Å². The van der Waals surface area contributed by atoms with Crippen LogP contribution in [0.4, 0.5) is 0 Å². The molecule has 2 amide bonds. The third kappa shape index (κ3) is 3.14. The lowest BCUT2D eigenvalue weighted by molar-refractivity contribution is -0.125. The molecule has 3 heterocycles. The van der Waals surface area contributed by atoms with Gasteiger partial charge < -0.3 is 15.0 Å². The van der Waals surface area contributed by atoms with E-state index >= 15 is 0 Å². The highest BCUT2D eigenvalue weighted by Gasteiger charge is 2.36. The van der Waals surface area contributed by atoms with Gasteiger partial charge in [-0.05, 0) is 30.4 Å². The summed E-state index contributed by atoms with van der Waals surface area (Å²) in [5.74, 6) is 0.723. The number of hydrogen-bond acceptors (Lipinski definition) is 4. The van der Waals surface area contributed by atoms with Gasteiger partial charge >= 0.3 is 0 Å². The van der Waals surface area contributed by atoms with Crippen LogP contribution in [0.5, 0.6) is 5.75 Å². The van der Waals surface area contributed by atoms with E-state index in [0.717, 1.165) is 24.2 Å². The Morgan fingerprint density at radius 2 is 2.04 bits per heavy atom. The molecule has 1 aromatic heterocycles. The Morgan fingerprint density at radius 1 is 1.16 bits per heavy atom. The van der Waals surface area contributed by atoms with E-state index in [1.807, 2.05) is 41.8 Å². The fourth-order valence-electron chi connectivity index (χ4n) is 3.58. The topological polar surface area (TPSA) is 58.6 Å². The maximum atomic E-state index is 12.9. The summed E-state index contributed by atoms with van der Waals surface area (Å²) < 4.78 is 5.65. The molecule has 4 rings (SSSR count). The second-order valence-corrected chi connectivity index (χ2v) is 7.32. The van der Waals surface area contributed by atoms with Crippen molar-refractivity contribution in [1.29, 1.82) is 0 Å². The third-order valence-electron chi connectivity index (χ3n) is 4.82. The molecule has 1 fully saturated rings. The van der Waals surface area contributed by atoms with Crippen LogP contribution in [0.3, 0.4) is 0 Å². The van der Waals surface area contributed by atoms with Gasteiger partial charge in [-0.15, -0.1) is 11.3 Å². The van der Waals surface area contributed by atoms with Crippen molar-refractivity contribution in [1.82, 2.24) is 10.2 Å². The lowest BCUT2D eigenvalue weighted by Gasteiger charge is -2.29. The summed E-state index contributed by atoms with van der Waals surface area (Å²) in [7, 11) is 0. The van der Waals surface area contributed by atoms with E-state index in [2.05, 4.69) is 5.32 Å². The normalized spacial score (nSPS) is 22.2. The third-order valence-corrected chi connectivity index (χ3v) is 5.68. The Morgan fingerprint density at radius 3 is 2.88 bits per heavy atom. The zero-order valence-electron chi connectivity index (χ0n) is 13.8. The molecule has 0 spiro atoms. The molecule has 1 N–H and O–H groups in total. The first-order valence-electron chi connectivity index (χ1n) is 8.60. The van der Waals surface area contributed by atoms with Crippen molar-refractivity contribution in [2.24, 2.45) is 0 Å². The van der Waals surface area contributed by atoms with Crippen molar-refractivity contribution in [3.8, 4) is 5.75 Å². The molecule has 0 unspecified atom stereocenters. The van der Waals surface area contributed by atoms with Crippen molar-refractivity contribution in [3.63, 3.8) is 0 Å². The molecule has 2 aromatic rings. The van der Waals surface area contributed by atoms with Crippen molar-refractivity contribution in [2.45, 2.75) is 31.3 Å². The predicted octanol–water partition coefficient (Wildman–Crippen LogP) is 2.99. The minimum absolute atomic E-state index is 0.0416. The van der Waals surface area contributed by atoms with Crippen molar-refractivity contribution >= 4 is 23.2 Å². The first-order valence-corrected chi connectivity index (χ1v) is 9.48. The maximum absolute atomic E-state index is 12.9. The summed E-state index contributed by atoms with van der Waals surface area (Å²) in [5, 5.41) is 5.02. The van der Waals surface area contributed by atoms with Gasteiger partial charge in [0.2, 0.25) is 5.91 Å². The number of nitrogens with one attached hydrogen (secondary N) is 1. The predicted molar refractivity (Wildman–Crippen MR) is 95.8 cm³/mol. The lowest BCUT2D eigenvalue weighted by atomic mass is 10.00. The fraction of sp³-hybridized carbons (Fsp3) is 0.368. The standard InChI is InChI=1S/C19H20N2O3S/c22-18(20-14-9-11-24-16-7-2-1-5-13(14)16)15-6-3-10-21(15)19(23)17-8-4-12-25-17/h1-2,4-5,7-8,12,14-15H,3,6,9-11H2,(H,20,22)/t14-,15-/m1/s1. The van der Waals surface area contributed by atoms with Crippen LogP contribution < -0.4 is 10.1 Å². The zero-order valence-corrected chi connectivity index (χ0v) is 14.6. The van der Waals surface area contributed by atoms with Crippen LogP contribution in [0.15, 0.2) is 41.8 Å². The Kier molecular flexibility index (Phi) is 4.44. The summed E-state index contributed by atoms with van der Waals surface area (Å²) >= 11 is 1.42. The number of amides is 2. The van der Waals surface area contributed by atoms with E-state index in [-0.39, 0.29) is 23.9 Å². The van der Waals surface area contributed by atoms with Gasteiger partial charge in [-0.3, -0.25) is 9.59 Å². The Labute approximate surface area is 150 Å². The van der Waals surface area contributed by atoms with Crippen LogP contribution in [0.2, 0.25) is 0 Å². The molecule has 2 atom stereocenters. The van der Waals surface area contributed by atoms with Gasteiger partial charge in [0.25, 0.3) is 5.91 Å². The molecule has 1 aromatic carbocycles. The molecule has 1 saturated heterocycles. The number of hydrogen-bond donors (Lipinski definition) is 1. The second kappa shape index (κ2) is 6.88. The number of carbonyl (C=O) groups excluding carboxylic acids is 2. The molecule has 0 radical (unpaired) electrons. The Bertz CT molecular complexity index is 775. The number of likely N-dealkylation sites (tertiary alicyclic amines) is 1. The summed E-state index contributed by atoms with van der Waals surface area (Å²) in [4.78, 5) is 27.9. The van der Waals surface area contributed by atoms with Gasteiger partial charge in [-0.1, -0.05) is 24.3 Å². The fourth-order valence-corrected chi connectivity index (χ4v) is 4.26. The van der Waals surface area contributed by atoms with Gasteiger partial charge in [-0.25, -0.2) is 0 Å². The van der Waals surface area contributed by atoms with Crippen molar-refractivity contribution in [3.05, 3.63) is 52.2 Å². The van der Waals surface area contributed by atoms with Crippen molar-refractivity contribution < 1.29 is 14.3 Å². The molecule has 6 heteroatoms. The van der Waals surface area contributed by atoms with Crippen LogP contribution in [0.1, 0.15) is 40.5 Å². The number of para-hydroxylation sites is 1. The number of fused-ring (bicyclic) bond motifs is 1. The number of thiophene rings is 1. The molecule has 0 bridgehead atoms. The van der Waals surface area contributed by atoms with Gasteiger partial charge in [0.1, 0.15) is 11.8 Å². The molecule has 130 valence electrons. The smallest absolute Gasteiger partial charge is 0.264 e. The first-order chi connectivity index (χ1) is 12.2. The average molecular weight is 356 g/mol. The number of ether oxygens (including phenoxy) is 1. The van der Waals surface area contributed by atoms with E-state index < -0.39 is 0 Å². The number of carbonyl (C=O) groups is 2. The SMILES string of the molecule is O=C(N[C@@H]1CCOc2ccccc21)[C@H]1CCCN1C(=O)c1cccs1. The number of rotatable bonds is 3. The molecule has 5 nitrogen and oxygen atoms in total. The Hall–Kier alpha value is -2.34. The molecule has 2 aliphatic heterocycles. The summed E-state index contributed by atoms with van der Waals surface area (Å²) in [6.45, 7) is 1.23. The van der Waals surface area contributed by atoms with Gasteiger partial charge in [-0.2, -0.15) is 0 Å². The van der Waals surface area contributed by atoms with E-state index in [0.29, 0.717) is 24.4 Å². The van der Waals surface area contributed by atoms with E-state index in [1.165, 1.54) is 11.3 Å². The molecule has 0 aliphatic carbocycles. The summed E-state index contributed by atoms with van der Waals surface area (Å²) in [6, 6.07) is 11.0. The highest BCUT2D eigenvalue weighted by Crippen LogP contribution is 2.32.